The van der Waals surface area contributed by atoms with Crippen LogP contribution < -0.4 is 0 Å². The molecule has 0 spiro atoms. The van der Waals surface area contributed by atoms with Crippen molar-refractivity contribution in [3.8, 4) is 0 Å². The molecule has 9 heavy (non-hydrogen) atoms. The monoisotopic (exact) mass is 132 g/mol. The average Bonchev–Trinajstić information content (AvgIpc) is 1.87. The molecular formula is C4H8N2O3. The third-order valence-corrected chi connectivity index (χ3v) is 0.577. The molecule has 0 aliphatic heterocycles. The van der Waals surface area contributed by atoms with Crippen molar-refractivity contribution in [2.75, 3.05) is 0 Å². The molecule has 0 bridgehead atoms. The Labute approximate surface area is 52.2 Å². The van der Waals surface area contributed by atoms with Crippen LogP contribution in [0.5, 0.6) is 0 Å². The van der Waals surface area contributed by atoms with Gasteiger partial charge in [0.25, 0.3) is 0 Å². The van der Waals surface area contributed by atoms with Crippen LogP contribution in [0.1, 0.15) is 13.8 Å². The summed E-state index contributed by atoms with van der Waals surface area (Å²) in [5, 5.41) is 21.4. The van der Waals surface area contributed by atoms with Crippen molar-refractivity contribution in [3.05, 3.63) is 0 Å². The minimum Gasteiger partial charge on any atom is -0.423 e. The van der Waals surface area contributed by atoms with Gasteiger partial charge in [0.05, 0.1) is 0 Å². The summed E-state index contributed by atoms with van der Waals surface area (Å²) >= 11 is 0. The molecule has 0 amide bonds. The smallest absolute Gasteiger partial charge is 0.229 e. The summed E-state index contributed by atoms with van der Waals surface area (Å²) in [5.41, 5.74) is 0. The van der Waals surface area contributed by atoms with Gasteiger partial charge >= 0.3 is 0 Å². The minimum atomic E-state index is 0.0327. The first-order valence-electron chi connectivity index (χ1n) is 2.26. The summed E-state index contributed by atoms with van der Waals surface area (Å²) in [7, 11) is 0. The van der Waals surface area contributed by atoms with E-state index in [-0.39, 0.29) is 11.8 Å². The third-order valence-electron chi connectivity index (χ3n) is 0.577. The van der Waals surface area contributed by atoms with Crippen LogP contribution in [0.15, 0.2) is 10.3 Å². The lowest BCUT2D eigenvalue weighted by Crippen LogP contribution is -2.05. The van der Waals surface area contributed by atoms with E-state index in [0.717, 1.165) is 0 Å². The van der Waals surface area contributed by atoms with Gasteiger partial charge in [0.15, 0.2) is 0 Å². The predicted octanol–water partition coefficient (Wildman–Crippen LogP) is 0.618. The molecule has 5 nitrogen and oxygen atoms in total. The zero-order chi connectivity index (χ0) is 7.28. The first-order chi connectivity index (χ1) is 4.20. The summed E-state index contributed by atoms with van der Waals surface area (Å²) in [6.45, 7) is 2.85. The van der Waals surface area contributed by atoms with Crippen molar-refractivity contribution < 1.29 is 15.2 Å². The maximum Gasteiger partial charge on any atom is 0.229 e. The van der Waals surface area contributed by atoms with Crippen LogP contribution in [0.3, 0.4) is 0 Å². The second-order valence-electron chi connectivity index (χ2n) is 1.34. The van der Waals surface area contributed by atoms with E-state index in [1.54, 1.807) is 0 Å². The average molecular weight is 132 g/mol. The number of oxime groups is 2. The molecule has 0 saturated heterocycles. The van der Waals surface area contributed by atoms with Gasteiger partial charge in [0.1, 0.15) is 0 Å². The van der Waals surface area contributed by atoms with Gasteiger partial charge in [0.2, 0.25) is 11.8 Å². The molecule has 0 rings (SSSR count). The Morgan fingerprint density at radius 2 is 1.44 bits per heavy atom. The predicted molar refractivity (Wildman–Crippen MR) is 30.9 cm³/mol. The van der Waals surface area contributed by atoms with E-state index in [1.165, 1.54) is 13.8 Å². The zero-order valence-electron chi connectivity index (χ0n) is 5.20. The minimum absolute atomic E-state index is 0.0327. The van der Waals surface area contributed by atoms with Gasteiger partial charge in [-0.05, 0) is 0 Å². The topological polar surface area (TPSA) is 74.4 Å². The quantitative estimate of drug-likeness (QED) is 0.219. The highest BCUT2D eigenvalue weighted by Crippen LogP contribution is 1.82. The molecule has 0 aliphatic rings. The maximum atomic E-state index is 8.01. The van der Waals surface area contributed by atoms with Crippen molar-refractivity contribution in [1.29, 1.82) is 0 Å². The molecular weight excluding hydrogens is 124 g/mol. The Balaban J connectivity index is 3.75. The van der Waals surface area contributed by atoms with Crippen LogP contribution in [-0.4, -0.2) is 22.2 Å². The SMILES string of the molecule is CC(=NO)OC(C)=NO. The molecule has 0 radical (unpaired) electrons. The highest BCUT2D eigenvalue weighted by Gasteiger charge is 1.93. The normalized spacial score (nSPS) is 13.6. The van der Waals surface area contributed by atoms with Crippen LogP contribution in [0.4, 0.5) is 0 Å². The summed E-state index contributed by atoms with van der Waals surface area (Å²) in [5.74, 6) is 0.0654. The van der Waals surface area contributed by atoms with Crippen molar-refractivity contribution in [2.45, 2.75) is 13.8 Å². The number of hydrogen-bond donors (Lipinski definition) is 2. The highest BCUT2D eigenvalue weighted by atomic mass is 16.6. The van der Waals surface area contributed by atoms with Crippen LogP contribution in [-0.2, 0) is 4.74 Å². The van der Waals surface area contributed by atoms with Crippen LogP contribution in [0, 0.1) is 0 Å². The van der Waals surface area contributed by atoms with Gasteiger partial charge in [-0.15, -0.1) is 0 Å². The Hall–Kier alpha value is -1.26. The van der Waals surface area contributed by atoms with Gasteiger partial charge in [-0.1, -0.05) is 10.3 Å². The molecule has 52 valence electrons. The number of rotatable bonds is 0. The second kappa shape index (κ2) is 3.71. The number of ether oxygens (including phenoxy) is 1. The van der Waals surface area contributed by atoms with Gasteiger partial charge in [-0.3, -0.25) is 0 Å². The van der Waals surface area contributed by atoms with E-state index in [0.29, 0.717) is 0 Å². The van der Waals surface area contributed by atoms with Crippen molar-refractivity contribution in [2.24, 2.45) is 10.3 Å². The Morgan fingerprint density at radius 1 is 1.11 bits per heavy atom. The molecule has 0 heterocycles. The molecule has 0 unspecified atom stereocenters. The van der Waals surface area contributed by atoms with E-state index in [9.17, 15) is 0 Å². The first kappa shape index (κ1) is 7.74. The molecule has 0 saturated carbocycles. The summed E-state index contributed by atoms with van der Waals surface area (Å²) in [6, 6.07) is 0. The van der Waals surface area contributed by atoms with Gasteiger partial charge in [-0.2, -0.15) is 0 Å². The lowest BCUT2D eigenvalue weighted by molar-refractivity contribution is 0.286. The van der Waals surface area contributed by atoms with Crippen molar-refractivity contribution >= 4 is 11.8 Å². The summed E-state index contributed by atoms with van der Waals surface area (Å²) < 4.78 is 4.55. The van der Waals surface area contributed by atoms with E-state index >= 15 is 0 Å². The zero-order valence-corrected chi connectivity index (χ0v) is 5.20. The highest BCUT2D eigenvalue weighted by molar-refractivity contribution is 5.88. The second-order valence-corrected chi connectivity index (χ2v) is 1.34. The molecule has 0 aromatic heterocycles. The standard InChI is InChI=1S/C4H8N2O3/c1-3(5-7)9-4(2)6-8/h7-8H,1-2H3. The van der Waals surface area contributed by atoms with E-state index < -0.39 is 0 Å². The number of nitrogens with zero attached hydrogens (tertiary/aromatic N) is 2. The largest absolute Gasteiger partial charge is 0.423 e. The summed E-state index contributed by atoms with van der Waals surface area (Å²) in [4.78, 5) is 0. The Bertz CT molecular complexity index is 125. The van der Waals surface area contributed by atoms with Crippen LogP contribution >= 0.6 is 0 Å². The molecule has 5 heteroatoms. The van der Waals surface area contributed by atoms with E-state index in [1.807, 2.05) is 0 Å². The van der Waals surface area contributed by atoms with Gasteiger partial charge < -0.3 is 15.2 Å². The molecule has 0 aromatic rings. The van der Waals surface area contributed by atoms with Gasteiger partial charge in [0, 0.05) is 13.8 Å². The lowest BCUT2D eigenvalue weighted by atomic mass is 10.7. The van der Waals surface area contributed by atoms with Crippen LogP contribution in [0.2, 0.25) is 0 Å². The summed E-state index contributed by atoms with van der Waals surface area (Å²) in [6.07, 6.45) is 0. The van der Waals surface area contributed by atoms with Gasteiger partial charge in [-0.25, -0.2) is 0 Å². The first-order valence-corrected chi connectivity index (χ1v) is 2.26. The Morgan fingerprint density at radius 3 is 1.67 bits per heavy atom. The van der Waals surface area contributed by atoms with Crippen LogP contribution in [0.25, 0.3) is 0 Å². The fourth-order valence-electron chi connectivity index (χ4n) is 0.255. The third kappa shape index (κ3) is 3.33. The maximum absolute atomic E-state index is 8.01. The van der Waals surface area contributed by atoms with Crippen molar-refractivity contribution in [1.82, 2.24) is 0 Å². The molecule has 2 N–H and O–H groups in total. The molecule has 0 fully saturated rings. The number of hydrogen-bond acceptors (Lipinski definition) is 5. The fourth-order valence-corrected chi connectivity index (χ4v) is 0.255. The molecule has 0 atom stereocenters. The van der Waals surface area contributed by atoms with Crippen molar-refractivity contribution in [3.63, 3.8) is 0 Å². The van der Waals surface area contributed by atoms with E-state index in [4.69, 9.17) is 10.4 Å². The lowest BCUT2D eigenvalue weighted by Gasteiger charge is -1.96. The Kier molecular flexibility index (Phi) is 3.19. The molecule has 0 aromatic carbocycles. The fraction of sp³-hybridized carbons (Fsp3) is 0.500. The molecule has 0 aliphatic carbocycles. The van der Waals surface area contributed by atoms with E-state index in [2.05, 4.69) is 15.0 Å².